The van der Waals surface area contributed by atoms with Crippen LogP contribution in [0.1, 0.15) is 24.1 Å². The molecule has 0 aliphatic carbocycles. The highest BCUT2D eigenvalue weighted by Crippen LogP contribution is 2.35. The SMILES string of the molecule is CC1Oc2ccc(Cc3nnc(CN4CCOCC4)n3-c3ccc(F)cc3)cc2O1. The maximum Gasteiger partial charge on any atom is 0.238 e. The van der Waals surface area contributed by atoms with Gasteiger partial charge in [0, 0.05) is 32.1 Å². The number of benzene rings is 2. The molecule has 1 aromatic heterocycles. The van der Waals surface area contributed by atoms with E-state index in [2.05, 4.69) is 15.1 Å². The monoisotopic (exact) mass is 410 g/mol. The molecule has 0 amide bonds. The minimum absolute atomic E-state index is 0.270. The van der Waals surface area contributed by atoms with Crippen LogP contribution in [-0.2, 0) is 17.7 Å². The number of hydrogen-bond acceptors (Lipinski definition) is 6. The highest BCUT2D eigenvalue weighted by Gasteiger charge is 2.22. The zero-order valence-corrected chi connectivity index (χ0v) is 16.8. The molecule has 0 N–H and O–H groups in total. The van der Waals surface area contributed by atoms with Crippen LogP contribution in [0, 0.1) is 5.82 Å². The molecule has 30 heavy (non-hydrogen) atoms. The summed E-state index contributed by atoms with van der Waals surface area (Å²) in [5.74, 6) is 2.83. The Morgan fingerprint density at radius 2 is 1.70 bits per heavy atom. The summed E-state index contributed by atoms with van der Waals surface area (Å²) in [5, 5.41) is 8.94. The van der Waals surface area contributed by atoms with Gasteiger partial charge in [-0.1, -0.05) is 6.07 Å². The maximum atomic E-state index is 13.5. The number of fused-ring (bicyclic) bond motifs is 1. The van der Waals surface area contributed by atoms with Crippen molar-refractivity contribution in [1.29, 1.82) is 0 Å². The fraction of sp³-hybridized carbons (Fsp3) is 0.364. The molecule has 0 radical (unpaired) electrons. The Hall–Kier alpha value is -2.97. The number of halogens is 1. The molecular weight excluding hydrogens is 387 g/mol. The van der Waals surface area contributed by atoms with Gasteiger partial charge in [0.25, 0.3) is 0 Å². The van der Waals surface area contributed by atoms with Crippen molar-refractivity contribution in [2.24, 2.45) is 0 Å². The summed E-state index contributed by atoms with van der Waals surface area (Å²) in [6.45, 7) is 5.66. The Balaban J connectivity index is 1.47. The predicted octanol–water partition coefficient (Wildman–Crippen LogP) is 2.95. The molecule has 0 saturated carbocycles. The first kappa shape index (κ1) is 19.0. The van der Waals surface area contributed by atoms with E-state index in [1.807, 2.05) is 29.7 Å². The Morgan fingerprint density at radius 3 is 2.50 bits per heavy atom. The van der Waals surface area contributed by atoms with Crippen molar-refractivity contribution in [3.8, 4) is 17.2 Å². The molecule has 156 valence electrons. The Kier molecular flexibility index (Phi) is 5.10. The second kappa shape index (κ2) is 8.04. The van der Waals surface area contributed by atoms with Gasteiger partial charge < -0.3 is 14.2 Å². The highest BCUT2D eigenvalue weighted by atomic mass is 19.1. The average Bonchev–Trinajstić information content (AvgIpc) is 3.31. The Bertz CT molecular complexity index is 1030. The molecule has 0 spiro atoms. The summed E-state index contributed by atoms with van der Waals surface area (Å²) in [5.41, 5.74) is 1.88. The van der Waals surface area contributed by atoms with Crippen molar-refractivity contribution in [2.45, 2.75) is 26.2 Å². The number of hydrogen-bond donors (Lipinski definition) is 0. The lowest BCUT2D eigenvalue weighted by molar-refractivity contribution is 0.0328. The van der Waals surface area contributed by atoms with Crippen molar-refractivity contribution in [3.05, 3.63) is 65.5 Å². The predicted molar refractivity (Wildman–Crippen MR) is 107 cm³/mol. The molecule has 3 aromatic rings. The average molecular weight is 410 g/mol. The topological polar surface area (TPSA) is 61.6 Å². The van der Waals surface area contributed by atoms with E-state index in [1.54, 1.807) is 12.1 Å². The fourth-order valence-electron chi connectivity index (χ4n) is 3.83. The van der Waals surface area contributed by atoms with Crippen LogP contribution < -0.4 is 9.47 Å². The number of morpholine rings is 1. The van der Waals surface area contributed by atoms with Crippen molar-refractivity contribution in [3.63, 3.8) is 0 Å². The Morgan fingerprint density at radius 1 is 0.967 bits per heavy atom. The van der Waals surface area contributed by atoms with Gasteiger partial charge in [0.2, 0.25) is 6.29 Å². The van der Waals surface area contributed by atoms with Crippen LogP contribution in [0.4, 0.5) is 4.39 Å². The minimum Gasteiger partial charge on any atom is -0.451 e. The third kappa shape index (κ3) is 3.88. The van der Waals surface area contributed by atoms with Crippen LogP contribution in [-0.4, -0.2) is 52.3 Å². The summed E-state index contributed by atoms with van der Waals surface area (Å²) in [6.07, 6.45) is 0.289. The number of ether oxygens (including phenoxy) is 3. The zero-order valence-electron chi connectivity index (χ0n) is 16.8. The quantitative estimate of drug-likeness (QED) is 0.645. The van der Waals surface area contributed by atoms with Gasteiger partial charge in [0.15, 0.2) is 17.3 Å². The summed E-state index contributed by atoms with van der Waals surface area (Å²) >= 11 is 0. The molecule has 1 saturated heterocycles. The normalized spacial score (nSPS) is 18.7. The first-order valence-electron chi connectivity index (χ1n) is 10.1. The highest BCUT2D eigenvalue weighted by molar-refractivity contribution is 5.46. The van der Waals surface area contributed by atoms with Crippen LogP contribution in [0.5, 0.6) is 11.5 Å². The molecule has 3 heterocycles. The zero-order chi connectivity index (χ0) is 20.5. The summed E-state index contributed by atoms with van der Waals surface area (Å²) in [6, 6.07) is 12.3. The number of rotatable bonds is 5. The van der Waals surface area contributed by atoms with Gasteiger partial charge in [-0.05, 0) is 42.0 Å². The van der Waals surface area contributed by atoms with Crippen LogP contribution in [0.2, 0.25) is 0 Å². The van der Waals surface area contributed by atoms with E-state index in [9.17, 15) is 4.39 Å². The van der Waals surface area contributed by atoms with Crippen LogP contribution in [0.3, 0.4) is 0 Å². The molecular formula is C22H23FN4O3. The number of nitrogens with zero attached hydrogens (tertiary/aromatic N) is 4. The van der Waals surface area contributed by atoms with Gasteiger partial charge in [-0.15, -0.1) is 10.2 Å². The van der Waals surface area contributed by atoms with E-state index in [0.717, 1.165) is 47.5 Å². The summed E-state index contributed by atoms with van der Waals surface area (Å²) in [7, 11) is 0. The molecule has 8 heteroatoms. The molecule has 1 unspecified atom stereocenters. The second-order valence-corrected chi connectivity index (χ2v) is 7.49. The summed E-state index contributed by atoms with van der Waals surface area (Å²) in [4.78, 5) is 2.29. The minimum atomic E-state index is -0.279. The fourth-order valence-corrected chi connectivity index (χ4v) is 3.83. The van der Waals surface area contributed by atoms with Gasteiger partial charge in [0.1, 0.15) is 11.6 Å². The molecule has 0 bridgehead atoms. The lowest BCUT2D eigenvalue weighted by atomic mass is 10.1. The van der Waals surface area contributed by atoms with Crippen molar-refractivity contribution in [1.82, 2.24) is 19.7 Å². The first-order valence-corrected chi connectivity index (χ1v) is 10.1. The molecule has 5 rings (SSSR count). The third-order valence-electron chi connectivity index (χ3n) is 5.31. The lowest BCUT2D eigenvalue weighted by Crippen LogP contribution is -2.36. The number of aromatic nitrogens is 3. The molecule has 1 atom stereocenters. The standard InChI is InChI=1S/C22H23FN4O3/c1-15-29-19-7-2-16(12-20(19)30-15)13-21-24-25-22(14-26-8-10-28-11-9-26)27(21)18-5-3-17(23)4-6-18/h2-7,12,15H,8-11,13-14H2,1H3. The van der Waals surface area contributed by atoms with Crippen LogP contribution in [0.15, 0.2) is 42.5 Å². The van der Waals surface area contributed by atoms with Crippen molar-refractivity contribution in [2.75, 3.05) is 26.3 Å². The second-order valence-electron chi connectivity index (χ2n) is 7.49. The van der Waals surface area contributed by atoms with Crippen LogP contribution >= 0.6 is 0 Å². The largest absolute Gasteiger partial charge is 0.451 e. The maximum absolute atomic E-state index is 13.5. The molecule has 1 fully saturated rings. The van der Waals surface area contributed by atoms with E-state index in [-0.39, 0.29) is 12.1 Å². The van der Waals surface area contributed by atoms with Crippen molar-refractivity contribution < 1.29 is 18.6 Å². The third-order valence-corrected chi connectivity index (χ3v) is 5.31. The van der Waals surface area contributed by atoms with E-state index in [1.165, 1.54) is 12.1 Å². The van der Waals surface area contributed by atoms with E-state index in [4.69, 9.17) is 14.2 Å². The smallest absolute Gasteiger partial charge is 0.238 e. The van der Waals surface area contributed by atoms with Gasteiger partial charge in [-0.3, -0.25) is 9.47 Å². The molecule has 2 aromatic carbocycles. The van der Waals surface area contributed by atoms with Gasteiger partial charge >= 0.3 is 0 Å². The van der Waals surface area contributed by atoms with E-state index < -0.39 is 0 Å². The first-order chi connectivity index (χ1) is 14.7. The summed E-state index contributed by atoms with van der Waals surface area (Å²) < 4.78 is 32.3. The van der Waals surface area contributed by atoms with Gasteiger partial charge in [-0.25, -0.2) is 4.39 Å². The molecule has 2 aliphatic heterocycles. The lowest BCUT2D eigenvalue weighted by Gasteiger charge is -2.26. The molecule has 2 aliphatic rings. The van der Waals surface area contributed by atoms with Gasteiger partial charge in [0.05, 0.1) is 19.8 Å². The van der Waals surface area contributed by atoms with E-state index in [0.29, 0.717) is 26.2 Å². The van der Waals surface area contributed by atoms with Crippen molar-refractivity contribution >= 4 is 0 Å². The van der Waals surface area contributed by atoms with Gasteiger partial charge in [-0.2, -0.15) is 0 Å². The van der Waals surface area contributed by atoms with Crippen LogP contribution in [0.25, 0.3) is 5.69 Å². The Labute approximate surface area is 174 Å². The van der Waals surface area contributed by atoms with E-state index >= 15 is 0 Å². The molecule has 7 nitrogen and oxygen atoms in total.